The van der Waals surface area contributed by atoms with Crippen LogP contribution in [0.15, 0.2) is 0 Å². The largest absolute Gasteiger partial charge is 0.338 e. The van der Waals surface area contributed by atoms with Gasteiger partial charge in [0, 0.05) is 19.0 Å². The first-order chi connectivity index (χ1) is 7.31. The van der Waals surface area contributed by atoms with Crippen LogP contribution < -0.4 is 10.6 Å². The molecule has 0 heterocycles. The van der Waals surface area contributed by atoms with E-state index in [2.05, 4.69) is 17.6 Å². The zero-order valence-electron chi connectivity index (χ0n) is 9.65. The molecule has 0 aromatic rings. The van der Waals surface area contributed by atoms with Gasteiger partial charge < -0.3 is 10.6 Å². The van der Waals surface area contributed by atoms with Crippen LogP contribution in [0.2, 0.25) is 0 Å². The summed E-state index contributed by atoms with van der Waals surface area (Å²) in [5, 5.41) is 5.46. The van der Waals surface area contributed by atoms with Gasteiger partial charge in [-0.25, -0.2) is 4.79 Å². The monoisotopic (exact) mass is 234 g/mol. The highest BCUT2D eigenvalue weighted by Gasteiger charge is 1.96. The molecule has 0 spiro atoms. The third-order valence-corrected chi connectivity index (χ3v) is 2.38. The van der Waals surface area contributed by atoms with E-state index in [1.165, 1.54) is 32.1 Å². The lowest BCUT2D eigenvalue weighted by Crippen LogP contribution is -2.36. The first kappa shape index (κ1) is 14.6. The zero-order chi connectivity index (χ0) is 11.4. The van der Waals surface area contributed by atoms with Crippen LogP contribution in [-0.2, 0) is 0 Å². The van der Waals surface area contributed by atoms with Gasteiger partial charge in [-0.15, -0.1) is 11.6 Å². The highest BCUT2D eigenvalue weighted by atomic mass is 35.5. The van der Waals surface area contributed by atoms with Crippen molar-refractivity contribution in [2.24, 2.45) is 0 Å². The Morgan fingerprint density at radius 2 is 1.60 bits per heavy atom. The summed E-state index contributed by atoms with van der Waals surface area (Å²) in [5.41, 5.74) is 0. The van der Waals surface area contributed by atoms with Crippen molar-refractivity contribution in [2.75, 3.05) is 19.0 Å². The van der Waals surface area contributed by atoms with Crippen molar-refractivity contribution < 1.29 is 4.79 Å². The van der Waals surface area contributed by atoms with Gasteiger partial charge in [-0.05, 0) is 6.42 Å². The van der Waals surface area contributed by atoms with Crippen molar-refractivity contribution in [1.82, 2.24) is 10.6 Å². The highest BCUT2D eigenvalue weighted by molar-refractivity contribution is 6.18. The molecule has 0 rings (SSSR count). The van der Waals surface area contributed by atoms with E-state index in [-0.39, 0.29) is 6.03 Å². The maximum Gasteiger partial charge on any atom is 0.314 e. The molecule has 0 aliphatic heterocycles. The minimum absolute atomic E-state index is 0.107. The number of carbonyl (C=O) groups is 1. The molecular formula is C11H23ClN2O. The van der Waals surface area contributed by atoms with Crippen molar-refractivity contribution in [3.8, 4) is 0 Å². The van der Waals surface area contributed by atoms with E-state index >= 15 is 0 Å². The normalized spacial score (nSPS) is 10.0. The average molecular weight is 235 g/mol. The molecule has 2 amide bonds. The molecule has 0 fully saturated rings. The van der Waals surface area contributed by atoms with Crippen molar-refractivity contribution in [3.05, 3.63) is 0 Å². The van der Waals surface area contributed by atoms with Crippen LogP contribution in [0, 0.1) is 0 Å². The molecule has 0 aromatic carbocycles. The van der Waals surface area contributed by atoms with Crippen LogP contribution >= 0.6 is 11.6 Å². The van der Waals surface area contributed by atoms with E-state index < -0.39 is 0 Å². The van der Waals surface area contributed by atoms with E-state index in [1.807, 2.05) is 0 Å². The lowest BCUT2D eigenvalue weighted by atomic mass is 10.1. The number of hydrogen-bond acceptors (Lipinski definition) is 1. The second kappa shape index (κ2) is 11.6. The summed E-state index contributed by atoms with van der Waals surface area (Å²) in [6.07, 6.45) is 7.46. The Labute approximate surface area is 98.0 Å². The van der Waals surface area contributed by atoms with Gasteiger partial charge in [0.05, 0.1) is 0 Å². The Morgan fingerprint density at radius 1 is 1.00 bits per heavy atom. The molecule has 0 unspecified atom stereocenters. The van der Waals surface area contributed by atoms with E-state index in [9.17, 15) is 4.79 Å². The Bertz CT molecular complexity index is 154. The van der Waals surface area contributed by atoms with Gasteiger partial charge in [-0.1, -0.05) is 39.0 Å². The number of carbonyl (C=O) groups excluding carboxylic acids is 1. The molecule has 90 valence electrons. The highest BCUT2D eigenvalue weighted by Crippen LogP contribution is 2.03. The van der Waals surface area contributed by atoms with Crippen LogP contribution in [0.1, 0.15) is 45.4 Å². The molecule has 2 N–H and O–H groups in total. The second-order valence-electron chi connectivity index (χ2n) is 3.64. The smallest absolute Gasteiger partial charge is 0.314 e. The molecule has 4 heteroatoms. The molecule has 0 radical (unpaired) electrons. The molecule has 0 saturated carbocycles. The maximum absolute atomic E-state index is 11.1. The minimum atomic E-state index is -0.107. The van der Waals surface area contributed by atoms with Crippen LogP contribution in [0.5, 0.6) is 0 Å². The van der Waals surface area contributed by atoms with Crippen LogP contribution in [-0.4, -0.2) is 25.0 Å². The van der Waals surface area contributed by atoms with Crippen molar-refractivity contribution in [3.63, 3.8) is 0 Å². The standard InChI is InChI=1S/C11H23ClN2O/c1-2-3-4-5-6-7-9-13-11(15)14-10-8-12/h2-10H2,1H3,(H2,13,14,15). The van der Waals surface area contributed by atoms with Gasteiger partial charge in [0.1, 0.15) is 0 Å². The topological polar surface area (TPSA) is 41.1 Å². The maximum atomic E-state index is 11.1. The lowest BCUT2D eigenvalue weighted by Gasteiger charge is -2.05. The number of hydrogen-bond donors (Lipinski definition) is 2. The van der Waals surface area contributed by atoms with Gasteiger partial charge >= 0.3 is 6.03 Å². The van der Waals surface area contributed by atoms with Gasteiger partial charge in [-0.3, -0.25) is 0 Å². The van der Waals surface area contributed by atoms with E-state index in [1.54, 1.807) is 0 Å². The van der Waals surface area contributed by atoms with Crippen molar-refractivity contribution in [1.29, 1.82) is 0 Å². The third kappa shape index (κ3) is 11.5. The van der Waals surface area contributed by atoms with Gasteiger partial charge in [-0.2, -0.15) is 0 Å². The SMILES string of the molecule is CCCCCCCCNC(=O)NCCCl. The summed E-state index contributed by atoms with van der Waals surface area (Å²) in [5.74, 6) is 0.463. The van der Waals surface area contributed by atoms with Gasteiger partial charge in [0.2, 0.25) is 0 Å². The number of alkyl halides is 1. The van der Waals surface area contributed by atoms with Gasteiger partial charge in [0.15, 0.2) is 0 Å². The Hall–Kier alpha value is -0.440. The summed E-state index contributed by atoms with van der Waals surface area (Å²) < 4.78 is 0. The summed E-state index contributed by atoms with van der Waals surface area (Å²) in [6.45, 7) is 3.51. The molecule has 0 bridgehead atoms. The fraction of sp³-hybridized carbons (Fsp3) is 0.909. The Balaban J connectivity index is 3.06. The number of unbranched alkanes of at least 4 members (excludes halogenated alkanes) is 5. The Kier molecular flexibility index (Phi) is 11.3. The van der Waals surface area contributed by atoms with Crippen molar-refractivity contribution in [2.45, 2.75) is 45.4 Å². The summed E-state index contributed by atoms with van der Waals surface area (Å²) in [7, 11) is 0. The van der Waals surface area contributed by atoms with Crippen LogP contribution in [0.3, 0.4) is 0 Å². The molecular weight excluding hydrogens is 212 g/mol. The lowest BCUT2D eigenvalue weighted by molar-refractivity contribution is 0.241. The van der Waals surface area contributed by atoms with Crippen LogP contribution in [0.25, 0.3) is 0 Å². The predicted octanol–water partition coefficient (Wildman–Crippen LogP) is 2.88. The third-order valence-electron chi connectivity index (χ3n) is 2.20. The van der Waals surface area contributed by atoms with Gasteiger partial charge in [0.25, 0.3) is 0 Å². The molecule has 0 atom stereocenters. The number of rotatable bonds is 9. The predicted molar refractivity (Wildman–Crippen MR) is 65.5 cm³/mol. The first-order valence-corrected chi connectivity index (χ1v) is 6.42. The summed E-state index contributed by atoms with van der Waals surface area (Å²) >= 11 is 5.44. The molecule has 3 nitrogen and oxygen atoms in total. The number of nitrogens with one attached hydrogen (secondary N) is 2. The van der Waals surface area contributed by atoms with E-state index in [0.29, 0.717) is 12.4 Å². The minimum Gasteiger partial charge on any atom is -0.338 e. The van der Waals surface area contributed by atoms with Crippen molar-refractivity contribution >= 4 is 17.6 Å². The fourth-order valence-corrected chi connectivity index (χ4v) is 1.43. The molecule has 15 heavy (non-hydrogen) atoms. The number of amides is 2. The van der Waals surface area contributed by atoms with Crippen LogP contribution in [0.4, 0.5) is 4.79 Å². The summed E-state index contributed by atoms with van der Waals surface area (Å²) in [6, 6.07) is -0.107. The Morgan fingerprint density at radius 3 is 2.27 bits per heavy atom. The van der Waals surface area contributed by atoms with E-state index in [4.69, 9.17) is 11.6 Å². The molecule has 0 aromatic heterocycles. The average Bonchev–Trinajstić information content (AvgIpc) is 2.25. The number of urea groups is 1. The summed E-state index contributed by atoms with van der Waals surface area (Å²) in [4.78, 5) is 11.1. The molecule has 0 aliphatic rings. The number of halogens is 1. The second-order valence-corrected chi connectivity index (χ2v) is 4.02. The quantitative estimate of drug-likeness (QED) is 0.468. The first-order valence-electron chi connectivity index (χ1n) is 5.89. The zero-order valence-corrected chi connectivity index (χ0v) is 10.4. The molecule has 0 aliphatic carbocycles. The molecule has 0 saturated heterocycles. The van der Waals surface area contributed by atoms with E-state index in [0.717, 1.165) is 13.0 Å². The fourth-order valence-electron chi connectivity index (χ4n) is 1.33.